The van der Waals surface area contributed by atoms with Gasteiger partial charge in [0.25, 0.3) is 0 Å². The van der Waals surface area contributed by atoms with Crippen LogP contribution in [0.3, 0.4) is 0 Å². The van der Waals surface area contributed by atoms with E-state index in [2.05, 4.69) is 32.3 Å². The summed E-state index contributed by atoms with van der Waals surface area (Å²) in [4.78, 5) is 9.44. The quantitative estimate of drug-likeness (QED) is 0.264. The number of thioether (sulfide) groups is 1. The van der Waals surface area contributed by atoms with Gasteiger partial charge in [-0.05, 0) is 35.9 Å². The van der Waals surface area contributed by atoms with Gasteiger partial charge < -0.3 is 4.74 Å². The van der Waals surface area contributed by atoms with E-state index in [1.165, 1.54) is 17.8 Å². The third-order valence-electron chi connectivity index (χ3n) is 4.83. The second-order valence-electron chi connectivity index (χ2n) is 7.08. The molecule has 0 bridgehead atoms. The molecule has 33 heavy (non-hydrogen) atoms. The lowest BCUT2D eigenvalue weighted by molar-refractivity contribution is 0.409. The molecule has 0 aliphatic heterocycles. The van der Waals surface area contributed by atoms with E-state index in [1.54, 1.807) is 11.8 Å². The van der Waals surface area contributed by atoms with Crippen LogP contribution in [-0.2, 0) is 5.75 Å². The first-order valence-electron chi connectivity index (χ1n) is 9.87. The van der Waals surface area contributed by atoms with Gasteiger partial charge in [-0.25, -0.2) is 13.8 Å². The van der Waals surface area contributed by atoms with E-state index < -0.39 is 11.6 Å². The number of fused-ring (bicyclic) bond motifs is 1. The molecule has 164 valence electrons. The van der Waals surface area contributed by atoms with Crippen LogP contribution in [-0.4, -0.2) is 20.2 Å². The Morgan fingerprint density at radius 1 is 1.00 bits per heavy atom. The fourth-order valence-electron chi connectivity index (χ4n) is 3.22. The van der Waals surface area contributed by atoms with Crippen molar-refractivity contribution in [2.45, 2.75) is 10.6 Å². The molecule has 0 saturated carbocycles. The summed E-state index contributed by atoms with van der Waals surface area (Å²) in [5, 5.41) is 8.38. The van der Waals surface area contributed by atoms with E-state index in [1.807, 2.05) is 36.4 Å². The Bertz CT molecular complexity index is 1450. The zero-order valence-electron chi connectivity index (χ0n) is 16.9. The summed E-state index contributed by atoms with van der Waals surface area (Å²) in [7, 11) is 0. The van der Waals surface area contributed by atoms with Crippen LogP contribution >= 0.6 is 23.4 Å². The number of H-pyrrole nitrogens is 1. The lowest BCUT2D eigenvalue weighted by Gasteiger charge is -2.07. The van der Waals surface area contributed by atoms with Crippen LogP contribution in [0, 0.1) is 11.6 Å². The van der Waals surface area contributed by atoms with Crippen molar-refractivity contribution in [2.24, 2.45) is 0 Å². The van der Waals surface area contributed by atoms with Gasteiger partial charge in [-0.1, -0.05) is 41.9 Å². The lowest BCUT2D eigenvalue weighted by Crippen LogP contribution is -1.94. The Morgan fingerprint density at radius 3 is 2.67 bits per heavy atom. The normalized spacial score (nSPS) is 11.1. The highest BCUT2D eigenvalue weighted by molar-refractivity contribution is 7.98. The number of aromatic amines is 1. The van der Waals surface area contributed by atoms with Gasteiger partial charge in [0, 0.05) is 28.5 Å². The Kier molecular flexibility index (Phi) is 5.93. The molecule has 2 heterocycles. The summed E-state index contributed by atoms with van der Waals surface area (Å²) < 4.78 is 32.3. The average Bonchev–Trinajstić information content (AvgIpc) is 3.24. The number of halogens is 3. The number of hydrogen-bond acceptors (Lipinski definition) is 5. The summed E-state index contributed by atoms with van der Waals surface area (Å²) >= 11 is 8.17. The molecule has 0 aliphatic rings. The number of nitrogens with zero attached hydrogens (tertiary/aromatic N) is 3. The Balaban J connectivity index is 1.41. The molecule has 0 aliphatic carbocycles. The topological polar surface area (TPSA) is 63.7 Å². The minimum absolute atomic E-state index is 0.0959. The fourth-order valence-corrected chi connectivity index (χ4v) is 4.32. The van der Waals surface area contributed by atoms with Crippen LogP contribution in [0.5, 0.6) is 11.8 Å². The number of benzene rings is 3. The molecule has 3 aromatic carbocycles. The molecule has 2 aromatic heterocycles. The van der Waals surface area contributed by atoms with Crippen molar-refractivity contribution in [3.63, 3.8) is 0 Å². The second kappa shape index (κ2) is 9.17. The third kappa shape index (κ3) is 4.67. The third-order valence-corrected chi connectivity index (χ3v) is 6.23. The SMILES string of the molecule is Fc1ccc(Oc2ncc3c(-c4cc(SCc5ccccc5)ccc4Cl)n[nH]c3n2)c(F)c1. The van der Waals surface area contributed by atoms with Crippen LogP contribution in [0.2, 0.25) is 5.02 Å². The minimum atomic E-state index is -0.847. The molecule has 0 saturated heterocycles. The maximum atomic E-state index is 13.9. The smallest absolute Gasteiger partial charge is 0.324 e. The molecule has 0 spiro atoms. The number of nitrogens with one attached hydrogen (secondary N) is 1. The van der Waals surface area contributed by atoms with Crippen molar-refractivity contribution in [3.8, 4) is 23.0 Å². The molecule has 5 rings (SSSR count). The van der Waals surface area contributed by atoms with Crippen molar-refractivity contribution in [1.82, 2.24) is 20.2 Å². The molecule has 5 aromatic rings. The van der Waals surface area contributed by atoms with Gasteiger partial charge in [0.15, 0.2) is 17.2 Å². The van der Waals surface area contributed by atoms with Crippen molar-refractivity contribution in [1.29, 1.82) is 0 Å². The lowest BCUT2D eigenvalue weighted by atomic mass is 10.1. The highest BCUT2D eigenvalue weighted by atomic mass is 35.5. The molecular weight excluding hydrogens is 466 g/mol. The molecule has 9 heteroatoms. The molecule has 5 nitrogen and oxygen atoms in total. The number of hydrogen-bond donors (Lipinski definition) is 1. The maximum Gasteiger partial charge on any atom is 0.324 e. The molecule has 1 N–H and O–H groups in total. The second-order valence-corrected chi connectivity index (χ2v) is 8.54. The maximum absolute atomic E-state index is 13.9. The standard InChI is InChI=1S/C24H15ClF2N4OS/c25-19-8-7-16(33-13-14-4-2-1-3-5-14)11-17(19)22-18-12-28-24(29-23(18)31-30-22)32-21-9-6-15(26)10-20(21)27/h1-12H,13H2,(H,28,29,30,31). The molecular formula is C24H15ClF2N4OS. The van der Waals surface area contributed by atoms with Crippen LogP contribution in [0.15, 0.2) is 77.8 Å². The van der Waals surface area contributed by atoms with Crippen LogP contribution < -0.4 is 4.74 Å². The molecule has 0 radical (unpaired) electrons. The largest absolute Gasteiger partial charge is 0.421 e. The summed E-state index contributed by atoms with van der Waals surface area (Å²) in [5.74, 6) is -0.898. The number of aromatic nitrogens is 4. The van der Waals surface area contributed by atoms with Crippen molar-refractivity contribution in [3.05, 3.63) is 95.1 Å². The van der Waals surface area contributed by atoms with Gasteiger partial charge >= 0.3 is 6.01 Å². The van der Waals surface area contributed by atoms with E-state index >= 15 is 0 Å². The zero-order valence-corrected chi connectivity index (χ0v) is 18.5. The van der Waals surface area contributed by atoms with Gasteiger partial charge in [-0.15, -0.1) is 11.8 Å². The van der Waals surface area contributed by atoms with E-state index in [0.29, 0.717) is 21.7 Å². The van der Waals surface area contributed by atoms with E-state index in [4.69, 9.17) is 16.3 Å². The summed E-state index contributed by atoms with van der Waals surface area (Å²) in [6.45, 7) is 0. The Labute approximate surface area is 196 Å². The predicted molar refractivity (Wildman–Crippen MR) is 125 cm³/mol. The van der Waals surface area contributed by atoms with E-state index in [9.17, 15) is 8.78 Å². The van der Waals surface area contributed by atoms with Crippen molar-refractivity contribution < 1.29 is 13.5 Å². The fraction of sp³-hybridized carbons (Fsp3) is 0.0417. The van der Waals surface area contributed by atoms with Crippen molar-refractivity contribution >= 4 is 34.4 Å². The Morgan fingerprint density at radius 2 is 1.85 bits per heavy atom. The first-order valence-corrected chi connectivity index (χ1v) is 11.2. The van der Waals surface area contributed by atoms with Gasteiger partial charge in [-0.2, -0.15) is 10.1 Å². The zero-order chi connectivity index (χ0) is 22.8. The van der Waals surface area contributed by atoms with E-state index in [0.717, 1.165) is 28.3 Å². The van der Waals surface area contributed by atoms with Gasteiger partial charge in [-0.3, -0.25) is 5.10 Å². The summed E-state index contributed by atoms with van der Waals surface area (Å²) in [6.07, 6.45) is 1.53. The van der Waals surface area contributed by atoms with Crippen molar-refractivity contribution in [2.75, 3.05) is 0 Å². The highest BCUT2D eigenvalue weighted by Crippen LogP contribution is 2.35. The Hall–Kier alpha value is -3.49. The van der Waals surface area contributed by atoms with E-state index in [-0.39, 0.29) is 11.8 Å². The minimum Gasteiger partial charge on any atom is -0.421 e. The predicted octanol–water partition coefficient (Wildman–Crippen LogP) is 7.04. The number of ether oxygens (including phenoxy) is 1. The number of rotatable bonds is 6. The first-order chi connectivity index (χ1) is 16.1. The summed E-state index contributed by atoms with van der Waals surface area (Å²) in [6, 6.07) is 18.9. The van der Waals surface area contributed by atoms with Crippen LogP contribution in [0.25, 0.3) is 22.3 Å². The summed E-state index contributed by atoms with van der Waals surface area (Å²) in [5.41, 5.74) is 2.96. The van der Waals surface area contributed by atoms with Crippen LogP contribution in [0.4, 0.5) is 8.78 Å². The molecule has 0 amide bonds. The highest BCUT2D eigenvalue weighted by Gasteiger charge is 2.16. The first kappa shape index (κ1) is 21.4. The molecule has 0 fully saturated rings. The monoisotopic (exact) mass is 480 g/mol. The van der Waals surface area contributed by atoms with Gasteiger partial charge in [0.1, 0.15) is 11.5 Å². The van der Waals surface area contributed by atoms with Crippen LogP contribution in [0.1, 0.15) is 5.56 Å². The average molecular weight is 481 g/mol. The van der Waals surface area contributed by atoms with Gasteiger partial charge in [0.2, 0.25) is 0 Å². The molecule has 0 unspecified atom stereocenters. The van der Waals surface area contributed by atoms with Gasteiger partial charge in [0.05, 0.1) is 10.4 Å². The molecule has 0 atom stereocenters.